The maximum Gasteiger partial charge on any atom is 0.403 e. The number of aliphatic hydroxyl groups is 2. The van der Waals surface area contributed by atoms with Gasteiger partial charge in [0, 0.05) is 29.5 Å². The molecule has 5 aromatic rings. The summed E-state index contributed by atoms with van der Waals surface area (Å²) < 4.78 is 26.8. The first kappa shape index (κ1) is 28.2. The van der Waals surface area contributed by atoms with Crippen molar-refractivity contribution < 1.29 is 38.6 Å². The Morgan fingerprint density at radius 1 is 1.14 bits per heavy atom. The van der Waals surface area contributed by atoms with Crippen molar-refractivity contribution in [3.63, 3.8) is 0 Å². The maximum atomic E-state index is 12.8. The second kappa shape index (κ2) is 11.4. The van der Waals surface area contributed by atoms with Crippen LogP contribution in [-0.4, -0.2) is 66.1 Å². The number of hydrogen-bond acceptors (Lipinski definition) is 9. The standard InChI is InChI=1S/C27H30N7O7P/c28-27-31-24-21(25(37)32-27)33(13-16-6-2-1-3-7-16)15-34(24)26-23(36)22(35)20(41-26)14-40-42(38,39)30-11-10-17-12-29-19-9-5-4-8-18(17)19/h1-9,12,15,20,22-23,26,29,35-36H,10-11,13-14H2,(H4-,28,30,31,32,37,38,39)/t20-,22-,23-,26-/m1/s1. The van der Waals surface area contributed by atoms with Gasteiger partial charge in [0.1, 0.15) is 18.3 Å². The van der Waals surface area contributed by atoms with Crippen molar-refractivity contribution in [2.24, 2.45) is 0 Å². The summed E-state index contributed by atoms with van der Waals surface area (Å²) in [6.07, 6.45) is -1.45. The number of benzene rings is 2. The Balaban J connectivity index is 1.14. The molecule has 1 unspecified atom stereocenters. The van der Waals surface area contributed by atoms with Crippen LogP contribution in [0.1, 0.15) is 17.4 Å². The number of ether oxygens (including phenoxy) is 1. The highest BCUT2D eigenvalue weighted by atomic mass is 31.2. The van der Waals surface area contributed by atoms with Gasteiger partial charge in [-0.3, -0.25) is 9.09 Å². The Morgan fingerprint density at radius 2 is 1.90 bits per heavy atom. The number of hydrogen-bond donors (Lipinski definition) is 6. The van der Waals surface area contributed by atoms with Gasteiger partial charge in [-0.2, -0.15) is 0 Å². The van der Waals surface area contributed by atoms with Crippen LogP contribution in [0, 0.1) is 0 Å². The zero-order valence-electron chi connectivity index (χ0n) is 22.3. The van der Waals surface area contributed by atoms with Gasteiger partial charge in [0.25, 0.3) is 5.95 Å². The van der Waals surface area contributed by atoms with Crippen molar-refractivity contribution in [3.8, 4) is 5.88 Å². The van der Waals surface area contributed by atoms with E-state index in [9.17, 15) is 24.8 Å². The first-order valence-electron chi connectivity index (χ1n) is 13.3. The third-order valence-electron chi connectivity index (χ3n) is 7.25. The van der Waals surface area contributed by atoms with E-state index in [1.165, 1.54) is 10.9 Å². The monoisotopic (exact) mass is 595 g/mol. The largest absolute Gasteiger partial charge is 0.856 e. The van der Waals surface area contributed by atoms with Crippen LogP contribution in [0.2, 0.25) is 0 Å². The summed E-state index contributed by atoms with van der Waals surface area (Å²) in [5, 5.41) is 37.9. The molecular weight excluding hydrogens is 565 g/mol. The Labute approximate surface area is 239 Å². The number of anilines is 1. The number of para-hydroxylation sites is 1. The van der Waals surface area contributed by atoms with E-state index in [1.807, 2.05) is 60.8 Å². The van der Waals surface area contributed by atoms with Crippen LogP contribution in [0.4, 0.5) is 5.95 Å². The predicted octanol–water partition coefficient (Wildman–Crippen LogP) is 0.473. The minimum Gasteiger partial charge on any atom is -0.856 e. The molecular formula is C27H30N7O7P. The van der Waals surface area contributed by atoms with Gasteiger partial charge in [-0.1, -0.05) is 53.5 Å². The highest BCUT2D eigenvalue weighted by Gasteiger charge is 2.47. The molecule has 0 radical (unpaired) electrons. The number of rotatable bonds is 10. The predicted molar refractivity (Wildman–Crippen MR) is 149 cm³/mol. The molecule has 4 heterocycles. The molecule has 1 saturated heterocycles. The van der Waals surface area contributed by atoms with Crippen LogP contribution >= 0.6 is 7.75 Å². The molecule has 15 heteroatoms. The van der Waals surface area contributed by atoms with Gasteiger partial charge in [-0.05, 0) is 23.6 Å². The van der Waals surface area contributed by atoms with E-state index in [0.29, 0.717) is 13.0 Å². The lowest BCUT2D eigenvalue weighted by Crippen LogP contribution is -2.46. The first-order valence-corrected chi connectivity index (χ1v) is 14.9. The van der Waals surface area contributed by atoms with Crippen LogP contribution in [0.3, 0.4) is 0 Å². The van der Waals surface area contributed by atoms with Crippen molar-refractivity contribution >= 4 is 35.8 Å². The molecule has 3 aromatic heterocycles. The summed E-state index contributed by atoms with van der Waals surface area (Å²) in [6, 6.07) is 17.1. The number of aromatic nitrogens is 5. The fourth-order valence-electron chi connectivity index (χ4n) is 5.21. The number of nitrogens with two attached hydrogens (primary N) is 1. The topological polar surface area (TPSA) is 208 Å². The number of aromatic amines is 1. The Bertz CT molecular complexity index is 1760. The Hall–Kier alpha value is -3.88. The molecule has 0 aliphatic carbocycles. The minimum absolute atomic E-state index is 0.105. The molecule has 220 valence electrons. The number of nitrogen functional groups attached to an aromatic ring is 1. The lowest BCUT2D eigenvalue weighted by molar-refractivity contribution is -0.745. The van der Waals surface area contributed by atoms with Crippen molar-refractivity contribution in [1.29, 1.82) is 0 Å². The van der Waals surface area contributed by atoms with E-state index in [-0.39, 0.29) is 23.7 Å². The normalized spacial score (nSPS) is 22.2. The van der Waals surface area contributed by atoms with Crippen LogP contribution in [0.5, 0.6) is 5.88 Å². The van der Waals surface area contributed by atoms with Gasteiger partial charge < -0.3 is 35.7 Å². The summed E-state index contributed by atoms with van der Waals surface area (Å²) in [4.78, 5) is 21.4. The van der Waals surface area contributed by atoms with Gasteiger partial charge in [0.05, 0.1) is 13.2 Å². The lowest BCUT2D eigenvalue weighted by atomic mass is 10.1. The average Bonchev–Trinajstić information content (AvgIpc) is 3.62. The number of H-pyrrole nitrogens is 1. The van der Waals surface area contributed by atoms with Gasteiger partial charge in [-0.15, -0.1) is 0 Å². The molecule has 42 heavy (non-hydrogen) atoms. The SMILES string of the molecule is Nc1nc([O-])c2c(n1)[n+]([C@@H]1O[C@H](COP(=O)(O)NCCc3c[nH]c4ccccc34)[C@@H](O)[C@H]1O)cn2Cc1ccccc1. The number of fused-ring (bicyclic) bond motifs is 2. The molecule has 2 aromatic carbocycles. The van der Waals surface area contributed by atoms with E-state index in [0.717, 1.165) is 22.0 Å². The molecule has 1 aliphatic heterocycles. The third kappa shape index (κ3) is 5.61. The smallest absolute Gasteiger partial charge is 0.403 e. The minimum atomic E-state index is -4.27. The van der Waals surface area contributed by atoms with Gasteiger partial charge in [-0.25, -0.2) is 19.2 Å². The molecule has 6 rings (SSSR count). The quantitative estimate of drug-likeness (QED) is 0.0966. The van der Waals surface area contributed by atoms with Crippen molar-refractivity contribution in [3.05, 3.63) is 78.2 Å². The third-order valence-corrected chi connectivity index (χ3v) is 8.37. The fraction of sp³-hybridized carbons (Fsp3) is 0.296. The molecule has 0 bridgehead atoms. The summed E-state index contributed by atoms with van der Waals surface area (Å²) in [5.74, 6) is -0.869. The van der Waals surface area contributed by atoms with Crippen LogP contribution in [-0.2, 0) is 26.8 Å². The van der Waals surface area contributed by atoms with Crippen molar-refractivity contribution in [1.82, 2.24) is 24.6 Å². The van der Waals surface area contributed by atoms with E-state index in [1.54, 1.807) is 4.57 Å². The molecule has 0 saturated carbocycles. The number of nitrogens with one attached hydrogen (secondary N) is 2. The second-order valence-corrected chi connectivity index (χ2v) is 11.7. The van der Waals surface area contributed by atoms with E-state index < -0.39 is 44.8 Å². The van der Waals surface area contributed by atoms with Gasteiger partial charge >= 0.3 is 13.4 Å². The van der Waals surface area contributed by atoms with Crippen LogP contribution in [0.25, 0.3) is 22.1 Å². The fourth-order valence-corrected chi connectivity index (χ4v) is 6.04. The van der Waals surface area contributed by atoms with Crippen molar-refractivity contribution in [2.45, 2.75) is 37.5 Å². The number of nitrogens with zero attached hydrogens (tertiary/aromatic N) is 4. The second-order valence-electron chi connectivity index (χ2n) is 10.1. The summed E-state index contributed by atoms with van der Waals surface area (Å²) in [6.45, 7) is -0.0389. The molecule has 1 fully saturated rings. The molecule has 14 nitrogen and oxygen atoms in total. The van der Waals surface area contributed by atoms with Crippen LogP contribution < -0.4 is 20.5 Å². The zero-order valence-corrected chi connectivity index (χ0v) is 23.2. The Morgan fingerprint density at radius 3 is 2.71 bits per heavy atom. The maximum absolute atomic E-state index is 12.8. The Kier molecular flexibility index (Phi) is 7.68. The lowest BCUT2D eigenvalue weighted by Gasteiger charge is -2.18. The zero-order chi connectivity index (χ0) is 29.4. The number of imidazole rings is 1. The first-order chi connectivity index (χ1) is 20.2. The van der Waals surface area contributed by atoms with E-state index in [4.69, 9.17) is 15.0 Å². The molecule has 0 amide bonds. The van der Waals surface area contributed by atoms with Crippen LogP contribution in [0.15, 0.2) is 67.1 Å². The number of aliphatic hydroxyl groups excluding tert-OH is 2. The van der Waals surface area contributed by atoms with Gasteiger partial charge in [0.2, 0.25) is 6.23 Å². The summed E-state index contributed by atoms with van der Waals surface area (Å²) in [5.41, 5.74) is 8.84. The molecule has 0 spiro atoms. The van der Waals surface area contributed by atoms with E-state index in [2.05, 4.69) is 20.0 Å². The highest BCUT2D eigenvalue weighted by molar-refractivity contribution is 7.50. The average molecular weight is 596 g/mol. The van der Waals surface area contributed by atoms with Crippen molar-refractivity contribution in [2.75, 3.05) is 18.9 Å². The summed E-state index contributed by atoms with van der Waals surface area (Å²) >= 11 is 0. The molecule has 7 N–H and O–H groups in total. The molecule has 5 atom stereocenters. The summed E-state index contributed by atoms with van der Waals surface area (Å²) in [7, 11) is -4.27. The van der Waals surface area contributed by atoms with Gasteiger partial charge in [0.15, 0.2) is 11.8 Å². The molecule has 1 aliphatic rings. The van der Waals surface area contributed by atoms with E-state index >= 15 is 0 Å². The highest BCUT2D eigenvalue weighted by Crippen LogP contribution is 2.39.